The lowest BCUT2D eigenvalue weighted by Crippen LogP contribution is -2.25. The second-order valence-electron chi connectivity index (χ2n) is 5.41. The first kappa shape index (κ1) is 15.1. The molecule has 23 heavy (non-hydrogen) atoms. The molecule has 0 radical (unpaired) electrons. The van der Waals surface area contributed by atoms with Gasteiger partial charge in [-0.1, -0.05) is 6.07 Å². The molecule has 6 heteroatoms. The molecule has 1 aliphatic rings. The summed E-state index contributed by atoms with van der Waals surface area (Å²) in [6.45, 7) is 0. The van der Waals surface area contributed by atoms with E-state index in [1.54, 1.807) is 25.6 Å². The van der Waals surface area contributed by atoms with Crippen LogP contribution >= 0.6 is 0 Å². The molecule has 1 saturated carbocycles. The first-order chi connectivity index (χ1) is 11.3. The lowest BCUT2D eigenvalue weighted by atomic mass is 10.0. The fourth-order valence-electron chi connectivity index (χ4n) is 2.64. The average Bonchev–Trinajstić information content (AvgIpc) is 3.44. The molecule has 1 N–H and O–H groups in total. The first-order valence-corrected chi connectivity index (χ1v) is 7.58. The summed E-state index contributed by atoms with van der Waals surface area (Å²) >= 11 is 0. The van der Waals surface area contributed by atoms with Crippen LogP contribution in [0.3, 0.4) is 0 Å². The summed E-state index contributed by atoms with van der Waals surface area (Å²) in [4.78, 5) is 25.8. The molecule has 1 aromatic carbocycles. The van der Waals surface area contributed by atoms with Crippen molar-refractivity contribution >= 4 is 23.8 Å². The third-order valence-corrected chi connectivity index (χ3v) is 3.95. The van der Waals surface area contributed by atoms with Gasteiger partial charge in [0.05, 0.1) is 11.9 Å². The Morgan fingerprint density at radius 1 is 1.39 bits per heavy atom. The van der Waals surface area contributed by atoms with E-state index in [1.165, 1.54) is 23.3 Å². The van der Waals surface area contributed by atoms with E-state index < -0.39 is 0 Å². The van der Waals surface area contributed by atoms with E-state index in [1.807, 2.05) is 13.1 Å². The van der Waals surface area contributed by atoms with Gasteiger partial charge in [0.1, 0.15) is 5.84 Å². The predicted octanol–water partition coefficient (Wildman–Crippen LogP) is 2.24. The standard InChI is InChI=1S/C17H19N5O/c1-18-17(19-2)14-6-5-13(12-3-4-12)9-15(14)22(11-23)16-10-20-7-8-21-16/h5-12H,3-4H2,1-2H3,(H,18,19). The Bertz CT molecular complexity index is 725. The minimum Gasteiger partial charge on any atom is -0.373 e. The van der Waals surface area contributed by atoms with Crippen LogP contribution in [-0.4, -0.2) is 36.3 Å². The molecule has 3 rings (SSSR count). The number of hydrogen-bond acceptors (Lipinski definition) is 4. The van der Waals surface area contributed by atoms with Crippen molar-refractivity contribution < 1.29 is 4.79 Å². The first-order valence-electron chi connectivity index (χ1n) is 7.58. The topological polar surface area (TPSA) is 70.5 Å². The number of aliphatic imine (C=N–C) groups is 1. The molecule has 1 heterocycles. The summed E-state index contributed by atoms with van der Waals surface area (Å²) in [6, 6.07) is 6.17. The maximum Gasteiger partial charge on any atom is 0.219 e. The number of anilines is 2. The SMILES string of the molecule is CN=C(NC)c1ccc(C2CC2)cc1N(C=O)c1cnccn1. The minimum absolute atomic E-state index is 0.489. The van der Waals surface area contributed by atoms with Crippen molar-refractivity contribution in [3.05, 3.63) is 47.9 Å². The maximum absolute atomic E-state index is 11.8. The van der Waals surface area contributed by atoms with Gasteiger partial charge in [0, 0.05) is 32.1 Å². The van der Waals surface area contributed by atoms with Gasteiger partial charge in [-0.2, -0.15) is 0 Å². The summed E-state index contributed by atoms with van der Waals surface area (Å²) in [7, 11) is 3.53. The van der Waals surface area contributed by atoms with E-state index in [-0.39, 0.29) is 0 Å². The lowest BCUT2D eigenvalue weighted by molar-refractivity contribution is -0.106. The molecule has 0 unspecified atom stereocenters. The Balaban J connectivity index is 2.13. The number of carbonyl (C=O) groups excluding carboxylic acids is 1. The van der Waals surface area contributed by atoms with Crippen LogP contribution in [0.5, 0.6) is 0 Å². The van der Waals surface area contributed by atoms with Gasteiger partial charge >= 0.3 is 0 Å². The fourth-order valence-corrected chi connectivity index (χ4v) is 2.64. The number of carbonyl (C=O) groups is 1. The zero-order chi connectivity index (χ0) is 16.2. The summed E-state index contributed by atoms with van der Waals surface area (Å²) < 4.78 is 0. The molecule has 0 atom stereocenters. The van der Waals surface area contributed by atoms with Crippen LogP contribution < -0.4 is 10.2 Å². The van der Waals surface area contributed by atoms with Crippen LogP contribution in [0.15, 0.2) is 41.8 Å². The van der Waals surface area contributed by atoms with Crippen LogP contribution in [0.1, 0.15) is 29.9 Å². The molecular weight excluding hydrogens is 290 g/mol. The lowest BCUT2D eigenvalue weighted by Gasteiger charge is -2.21. The zero-order valence-electron chi connectivity index (χ0n) is 13.2. The maximum atomic E-state index is 11.8. The van der Waals surface area contributed by atoms with Crippen LogP contribution in [0.25, 0.3) is 0 Å². The quantitative estimate of drug-likeness (QED) is 0.522. The van der Waals surface area contributed by atoms with Crippen molar-refractivity contribution in [2.24, 2.45) is 4.99 Å². The van der Waals surface area contributed by atoms with Gasteiger partial charge in [-0.15, -0.1) is 0 Å². The molecule has 1 aliphatic carbocycles. The van der Waals surface area contributed by atoms with Gasteiger partial charge in [-0.3, -0.25) is 19.7 Å². The predicted molar refractivity (Wildman–Crippen MR) is 90.2 cm³/mol. The number of amides is 1. The Morgan fingerprint density at radius 3 is 2.78 bits per heavy atom. The molecule has 0 saturated heterocycles. The van der Waals surface area contributed by atoms with E-state index in [2.05, 4.69) is 32.4 Å². The molecular formula is C17H19N5O. The monoisotopic (exact) mass is 309 g/mol. The van der Waals surface area contributed by atoms with Crippen molar-refractivity contribution in [2.45, 2.75) is 18.8 Å². The number of hydrogen-bond donors (Lipinski definition) is 1. The normalized spacial score (nSPS) is 14.4. The fraction of sp³-hybridized carbons (Fsp3) is 0.294. The van der Waals surface area contributed by atoms with Gasteiger partial charge in [-0.05, 0) is 36.5 Å². The van der Waals surface area contributed by atoms with Gasteiger partial charge in [0.2, 0.25) is 6.41 Å². The van der Waals surface area contributed by atoms with E-state index in [0.717, 1.165) is 23.5 Å². The third kappa shape index (κ3) is 3.06. The zero-order valence-corrected chi connectivity index (χ0v) is 13.2. The van der Waals surface area contributed by atoms with Crippen molar-refractivity contribution in [1.29, 1.82) is 0 Å². The molecule has 1 fully saturated rings. The molecule has 0 spiro atoms. The summed E-state index contributed by atoms with van der Waals surface area (Å²) in [5, 5.41) is 3.07. The number of benzene rings is 1. The molecule has 1 amide bonds. The Kier molecular flexibility index (Phi) is 4.32. The van der Waals surface area contributed by atoms with E-state index >= 15 is 0 Å². The largest absolute Gasteiger partial charge is 0.373 e. The second kappa shape index (κ2) is 6.56. The highest BCUT2D eigenvalue weighted by molar-refractivity contribution is 6.06. The Labute approximate surface area is 135 Å². The van der Waals surface area contributed by atoms with Gasteiger partial charge in [0.15, 0.2) is 5.82 Å². The highest BCUT2D eigenvalue weighted by Crippen LogP contribution is 2.42. The second-order valence-corrected chi connectivity index (χ2v) is 5.41. The molecule has 1 aromatic heterocycles. The van der Waals surface area contributed by atoms with E-state index in [0.29, 0.717) is 11.7 Å². The number of aromatic nitrogens is 2. The smallest absolute Gasteiger partial charge is 0.219 e. The summed E-state index contributed by atoms with van der Waals surface area (Å²) in [5.41, 5.74) is 2.86. The van der Waals surface area contributed by atoms with E-state index in [4.69, 9.17) is 0 Å². The summed E-state index contributed by atoms with van der Waals surface area (Å²) in [6.07, 6.45) is 7.90. The van der Waals surface area contributed by atoms with E-state index in [9.17, 15) is 4.79 Å². The molecule has 0 bridgehead atoms. The number of amidine groups is 1. The van der Waals surface area contributed by atoms with Crippen molar-refractivity contribution in [2.75, 3.05) is 19.0 Å². The van der Waals surface area contributed by atoms with Crippen LogP contribution in [0.2, 0.25) is 0 Å². The van der Waals surface area contributed by atoms with Gasteiger partial charge < -0.3 is 5.32 Å². The summed E-state index contributed by atoms with van der Waals surface area (Å²) in [5.74, 6) is 1.80. The van der Waals surface area contributed by atoms with Crippen LogP contribution in [0.4, 0.5) is 11.5 Å². The van der Waals surface area contributed by atoms with Crippen LogP contribution in [-0.2, 0) is 4.79 Å². The number of nitrogens with one attached hydrogen (secondary N) is 1. The van der Waals surface area contributed by atoms with Crippen molar-refractivity contribution in [3.8, 4) is 0 Å². The Hall–Kier alpha value is -2.76. The highest BCUT2D eigenvalue weighted by Gasteiger charge is 2.26. The molecule has 6 nitrogen and oxygen atoms in total. The Morgan fingerprint density at radius 2 is 2.22 bits per heavy atom. The van der Waals surface area contributed by atoms with Crippen molar-refractivity contribution in [3.63, 3.8) is 0 Å². The van der Waals surface area contributed by atoms with Gasteiger partial charge in [-0.25, -0.2) is 4.98 Å². The number of rotatable bonds is 5. The average molecular weight is 309 g/mol. The molecule has 2 aromatic rings. The van der Waals surface area contributed by atoms with Crippen molar-refractivity contribution in [1.82, 2.24) is 15.3 Å². The van der Waals surface area contributed by atoms with Crippen LogP contribution in [0, 0.1) is 0 Å². The third-order valence-electron chi connectivity index (χ3n) is 3.95. The highest BCUT2D eigenvalue weighted by atomic mass is 16.1. The molecule has 118 valence electrons. The van der Waals surface area contributed by atoms with Gasteiger partial charge in [0.25, 0.3) is 0 Å². The number of nitrogens with zero attached hydrogens (tertiary/aromatic N) is 4. The minimum atomic E-state index is 0.489. The molecule has 0 aliphatic heterocycles.